The molecule has 5 heteroatoms. The van der Waals surface area contributed by atoms with E-state index in [1.807, 2.05) is 26.0 Å². The van der Waals surface area contributed by atoms with E-state index in [2.05, 4.69) is 10.4 Å². The first-order chi connectivity index (χ1) is 9.11. The van der Waals surface area contributed by atoms with Crippen LogP contribution in [0.2, 0.25) is 5.02 Å². The second-order valence-corrected chi connectivity index (χ2v) is 4.70. The van der Waals surface area contributed by atoms with Crippen LogP contribution in [-0.4, -0.2) is 16.3 Å². The van der Waals surface area contributed by atoms with Gasteiger partial charge < -0.3 is 5.32 Å². The zero-order chi connectivity index (χ0) is 13.8. The van der Waals surface area contributed by atoms with Gasteiger partial charge in [0.1, 0.15) is 5.69 Å². The zero-order valence-electron chi connectivity index (χ0n) is 11.0. The lowest BCUT2D eigenvalue weighted by molar-refractivity contribution is 0.666. The highest BCUT2D eigenvalue weighted by Gasteiger charge is 2.07. The molecule has 0 fully saturated rings. The largest absolute Gasteiger partial charge is 0.311 e. The van der Waals surface area contributed by atoms with Crippen molar-refractivity contribution in [1.29, 1.82) is 0 Å². The molecule has 0 aliphatic rings. The molecule has 0 aliphatic heterocycles. The quantitative estimate of drug-likeness (QED) is 0.933. The summed E-state index contributed by atoms with van der Waals surface area (Å²) < 4.78 is 1.75. The molecule has 4 nitrogen and oxygen atoms in total. The Labute approximate surface area is 117 Å². The number of nitrogens with one attached hydrogen (secondary N) is 1. The highest BCUT2D eigenvalue weighted by molar-refractivity contribution is 6.30. The molecule has 19 heavy (non-hydrogen) atoms. The van der Waals surface area contributed by atoms with Crippen LogP contribution in [-0.2, 0) is 6.54 Å². The van der Waals surface area contributed by atoms with E-state index in [0.717, 1.165) is 17.9 Å². The SMILES string of the molecule is CCNCc1nn(-c2ccc(Cl)cc2)c(C)cc1=O. The van der Waals surface area contributed by atoms with Crippen LogP contribution in [0.4, 0.5) is 0 Å². The van der Waals surface area contributed by atoms with Crippen molar-refractivity contribution in [2.75, 3.05) is 6.54 Å². The topological polar surface area (TPSA) is 46.9 Å². The fraction of sp³-hybridized carbons (Fsp3) is 0.286. The number of halogens is 1. The number of aryl methyl sites for hydroxylation is 1. The highest BCUT2D eigenvalue weighted by atomic mass is 35.5. The van der Waals surface area contributed by atoms with E-state index in [9.17, 15) is 4.79 Å². The van der Waals surface area contributed by atoms with E-state index in [-0.39, 0.29) is 5.43 Å². The Kier molecular flexibility index (Phi) is 4.35. The average molecular weight is 278 g/mol. The van der Waals surface area contributed by atoms with Crippen LogP contribution in [0, 0.1) is 6.92 Å². The first-order valence-electron chi connectivity index (χ1n) is 6.18. The predicted octanol–water partition coefficient (Wildman–Crippen LogP) is 2.30. The number of aromatic nitrogens is 2. The molecule has 0 aliphatic carbocycles. The number of benzene rings is 1. The maximum absolute atomic E-state index is 11.8. The van der Waals surface area contributed by atoms with Gasteiger partial charge in [-0.25, -0.2) is 4.68 Å². The molecule has 0 radical (unpaired) electrons. The van der Waals surface area contributed by atoms with Gasteiger partial charge in [-0.3, -0.25) is 4.79 Å². The molecule has 100 valence electrons. The normalized spacial score (nSPS) is 10.7. The monoisotopic (exact) mass is 277 g/mol. The zero-order valence-corrected chi connectivity index (χ0v) is 11.7. The Morgan fingerprint density at radius 1 is 1.32 bits per heavy atom. The molecule has 0 bridgehead atoms. The van der Waals surface area contributed by atoms with E-state index < -0.39 is 0 Å². The molecule has 0 saturated heterocycles. The van der Waals surface area contributed by atoms with E-state index in [1.54, 1.807) is 22.9 Å². The number of rotatable bonds is 4. The maximum atomic E-state index is 11.8. The Balaban J connectivity index is 2.45. The van der Waals surface area contributed by atoms with Gasteiger partial charge in [0.25, 0.3) is 0 Å². The lowest BCUT2D eigenvalue weighted by Crippen LogP contribution is -2.24. The summed E-state index contributed by atoms with van der Waals surface area (Å²) >= 11 is 5.87. The molecular weight excluding hydrogens is 262 g/mol. The lowest BCUT2D eigenvalue weighted by atomic mass is 10.3. The molecule has 0 spiro atoms. The van der Waals surface area contributed by atoms with Crippen molar-refractivity contribution in [2.24, 2.45) is 0 Å². The van der Waals surface area contributed by atoms with Crippen molar-refractivity contribution in [3.05, 3.63) is 57.0 Å². The number of hydrogen-bond donors (Lipinski definition) is 1. The van der Waals surface area contributed by atoms with Gasteiger partial charge in [-0.1, -0.05) is 18.5 Å². The summed E-state index contributed by atoms with van der Waals surface area (Å²) in [6.45, 7) is 5.13. The van der Waals surface area contributed by atoms with Gasteiger partial charge in [-0.15, -0.1) is 0 Å². The first kappa shape index (κ1) is 13.8. The maximum Gasteiger partial charge on any atom is 0.204 e. The number of nitrogens with zero attached hydrogens (tertiary/aromatic N) is 2. The van der Waals surface area contributed by atoms with Crippen molar-refractivity contribution in [1.82, 2.24) is 15.1 Å². The average Bonchev–Trinajstić information content (AvgIpc) is 2.39. The van der Waals surface area contributed by atoms with Gasteiger partial charge in [0, 0.05) is 23.3 Å². The van der Waals surface area contributed by atoms with E-state index >= 15 is 0 Å². The Morgan fingerprint density at radius 2 is 2.00 bits per heavy atom. The Hall–Kier alpha value is -1.65. The smallest absolute Gasteiger partial charge is 0.204 e. The third kappa shape index (κ3) is 3.22. The summed E-state index contributed by atoms with van der Waals surface area (Å²) in [5, 5.41) is 8.20. The van der Waals surface area contributed by atoms with Crippen LogP contribution in [0.3, 0.4) is 0 Å². The summed E-state index contributed by atoms with van der Waals surface area (Å²) in [6.07, 6.45) is 0. The van der Waals surface area contributed by atoms with Crippen LogP contribution in [0.5, 0.6) is 0 Å². The van der Waals surface area contributed by atoms with Gasteiger partial charge in [0.15, 0.2) is 0 Å². The molecule has 0 unspecified atom stereocenters. The molecule has 0 amide bonds. The third-order valence-electron chi connectivity index (χ3n) is 2.79. The molecular formula is C14H16ClN3O. The van der Waals surface area contributed by atoms with E-state index in [4.69, 9.17) is 11.6 Å². The van der Waals surface area contributed by atoms with Gasteiger partial charge in [-0.05, 0) is 37.7 Å². The minimum Gasteiger partial charge on any atom is -0.311 e. The molecule has 2 rings (SSSR count). The summed E-state index contributed by atoms with van der Waals surface area (Å²) in [7, 11) is 0. The van der Waals surface area contributed by atoms with E-state index in [0.29, 0.717) is 17.3 Å². The molecule has 1 aromatic carbocycles. The Bertz CT molecular complexity index is 620. The van der Waals surface area contributed by atoms with Crippen LogP contribution in [0.1, 0.15) is 18.3 Å². The van der Waals surface area contributed by atoms with Crippen molar-refractivity contribution in [3.8, 4) is 5.69 Å². The van der Waals surface area contributed by atoms with Gasteiger partial charge in [-0.2, -0.15) is 5.10 Å². The number of hydrogen-bond acceptors (Lipinski definition) is 3. The summed E-state index contributed by atoms with van der Waals surface area (Å²) in [4.78, 5) is 11.8. The van der Waals surface area contributed by atoms with Crippen molar-refractivity contribution < 1.29 is 0 Å². The van der Waals surface area contributed by atoms with Crippen LogP contribution < -0.4 is 10.7 Å². The van der Waals surface area contributed by atoms with Crippen LogP contribution in [0.25, 0.3) is 5.69 Å². The van der Waals surface area contributed by atoms with Gasteiger partial charge in [0.2, 0.25) is 5.43 Å². The molecule has 0 atom stereocenters. The molecule has 1 aromatic heterocycles. The molecule has 1 N–H and O–H groups in total. The van der Waals surface area contributed by atoms with Crippen molar-refractivity contribution in [3.63, 3.8) is 0 Å². The third-order valence-corrected chi connectivity index (χ3v) is 3.04. The summed E-state index contributed by atoms with van der Waals surface area (Å²) in [6, 6.07) is 8.97. The predicted molar refractivity (Wildman–Crippen MR) is 77.0 cm³/mol. The molecule has 0 saturated carbocycles. The highest BCUT2D eigenvalue weighted by Crippen LogP contribution is 2.13. The lowest BCUT2D eigenvalue weighted by Gasteiger charge is -2.11. The summed E-state index contributed by atoms with van der Waals surface area (Å²) in [5.41, 5.74) is 2.17. The van der Waals surface area contributed by atoms with Crippen LogP contribution >= 0.6 is 11.6 Å². The van der Waals surface area contributed by atoms with Crippen molar-refractivity contribution in [2.45, 2.75) is 20.4 Å². The van der Waals surface area contributed by atoms with Gasteiger partial charge in [0.05, 0.1) is 5.69 Å². The minimum absolute atomic E-state index is 0.0383. The first-order valence-corrected chi connectivity index (χ1v) is 6.56. The minimum atomic E-state index is -0.0383. The second kappa shape index (κ2) is 5.99. The fourth-order valence-electron chi connectivity index (χ4n) is 1.79. The Morgan fingerprint density at radius 3 is 2.63 bits per heavy atom. The second-order valence-electron chi connectivity index (χ2n) is 4.27. The van der Waals surface area contributed by atoms with Gasteiger partial charge >= 0.3 is 0 Å². The van der Waals surface area contributed by atoms with Crippen molar-refractivity contribution >= 4 is 11.6 Å². The summed E-state index contributed by atoms with van der Waals surface area (Å²) in [5.74, 6) is 0. The van der Waals surface area contributed by atoms with E-state index in [1.165, 1.54) is 0 Å². The fourth-order valence-corrected chi connectivity index (χ4v) is 1.92. The van der Waals surface area contributed by atoms with Crippen LogP contribution in [0.15, 0.2) is 35.1 Å². The molecule has 2 aromatic rings. The standard InChI is InChI=1S/C14H16ClN3O/c1-3-16-9-13-14(19)8-10(2)18(17-13)12-6-4-11(15)5-7-12/h4-8,16H,3,9H2,1-2H3. The molecule has 1 heterocycles.